The van der Waals surface area contributed by atoms with Crippen LogP contribution in [0.4, 0.5) is 0 Å². The van der Waals surface area contributed by atoms with Crippen molar-refractivity contribution in [2.45, 2.75) is 5.03 Å². The van der Waals surface area contributed by atoms with Gasteiger partial charge in [0.1, 0.15) is 16.8 Å². The summed E-state index contributed by atoms with van der Waals surface area (Å²) in [5, 5.41) is 12.1. The van der Waals surface area contributed by atoms with E-state index in [1.807, 2.05) is 29.6 Å². The molecule has 3 aromatic rings. The van der Waals surface area contributed by atoms with Crippen molar-refractivity contribution in [1.29, 1.82) is 5.26 Å². The normalized spacial score (nSPS) is 11.7. The van der Waals surface area contributed by atoms with E-state index in [1.165, 1.54) is 11.3 Å². The van der Waals surface area contributed by atoms with E-state index in [2.05, 4.69) is 11.1 Å². The predicted octanol–water partition coefficient (Wildman–Crippen LogP) is 3.47. The lowest BCUT2D eigenvalue weighted by Crippen LogP contribution is -2.13. The molecule has 0 unspecified atom stereocenters. The Morgan fingerprint density at radius 2 is 1.96 bits per heavy atom. The molecule has 0 bridgehead atoms. The standard InChI is InChI=1S/C19H11N3O2S2/c20-8-12-15(13-6-3-7-25-13)16-10-4-1-2-5-11(10)18(24)17(16)22-19(12)26-9-14(21)23/h1-7H,9H2,(H2,21,23). The zero-order valence-electron chi connectivity index (χ0n) is 13.4. The lowest BCUT2D eigenvalue weighted by atomic mass is 9.97. The number of ketones is 1. The molecule has 4 rings (SSSR count). The van der Waals surface area contributed by atoms with Crippen molar-refractivity contribution in [3.8, 4) is 27.6 Å². The van der Waals surface area contributed by atoms with Crippen LogP contribution in [0.3, 0.4) is 0 Å². The molecule has 26 heavy (non-hydrogen) atoms. The lowest BCUT2D eigenvalue weighted by Gasteiger charge is -2.12. The molecule has 7 heteroatoms. The SMILES string of the molecule is N#Cc1c(SCC(N)=O)nc2c(c1-c1cccs1)-c1ccccc1C2=O. The van der Waals surface area contributed by atoms with Gasteiger partial charge in [-0.2, -0.15) is 5.26 Å². The molecule has 0 atom stereocenters. The number of benzene rings is 1. The van der Waals surface area contributed by atoms with Gasteiger partial charge in [-0.3, -0.25) is 9.59 Å². The summed E-state index contributed by atoms with van der Waals surface area (Å²) in [4.78, 5) is 29.4. The Morgan fingerprint density at radius 3 is 2.62 bits per heavy atom. The molecular formula is C19H11N3O2S2. The van der Waals surface area contributed by atoms with E-state index < -0.39 is 5.91 Å². The molecular weight excluding hydrogens is 366 g/mol. The van der Waals surface area contributed by atoms with E-state index in [0.29, 0.717) is 33.0 Å². The average molecular weight is 377 g/mol. The Labute approximate surface area is 157 Å². The van der Waals surface area contributed by atoms with E-state index in [-0.39, 0.29) is 11.5 Å². The molecule has 0 aliphatic heterocycles. The Kier molecular flexibility index (Phi) is 4.07. The number of rotatable bonds is 4. The van der Waals surface area contributed by atoms with Crippen molar-refractivity contribution in [1.82, 2.24) is 4.98 Å². The van der Waals surface area contributed by atoms with Gasteiger partial charge in [-0.15, -0.1) is 11.3 Å². The molecule has 1 aliphatic carbocycles. The summed E-state index contributed by atoms with van der Waals surface area (Å²) < 4.78 is 0. The minimum Gasteiger partial charge on any atom is -0.369 e. The highest BCUT2D eigenvalue weighted by Crippen LogP contribution is 2.46. The zero-order chi connectivity index (χ0) is 18.3. The van der Waals surface area contributed by atoms with Crippen molar-refractivity contribution < 1.29 is 9.59 Å². The summed E-state index contributed by atoms with van der Waals surface area (Å²) in [6.45, 7) is 0. The quantitative estimate of drug-likeness (QED) is 0.549. The van der Waals surface area contributed by atoms with E-state index in [9.17, 15) is 14.9 Å². The summed E-state index contributed by atoms with van der Waals surface area (Å²) in [6, 6.07) is 13.3. The molecule has 2 heterocycles. The first-order chi connectivity index (χ1) is 12.6. The highest BCUT2D eigenvalue weighted by molar-refractivity contribution is 8.00. The van der Waals surface area contributed by atoms with E-state index in [0.717, 1.165) is 22.2 Å². The van der Waals surface area contributed by atoms with Gasteiger partial charge in [0.05, 0.1) is 11.3 Å². The Bertz CT molecular complexity index is 1100. The molecule has 126 valence electrons. The number of carbonyl (C=O) groups is 2. The maximum atomic E-state index is 12.9. The molecule has 0 fully saturated rings. The number of aromatic nitrogens is 1. The number of nitrogens with two attached hydrogens (primary N) is 1. The van der Waals surface area contributed by atoms with Gasteiger partial charge < -0.3 is 5.73 Å². The van der Waals surface area contributed by atoms with Gasteiger partial charge in [0.25, 0.3) is 0 Å². The monoisotopic (exact) mass is 377 g/mol. The fourth-order valence-electron chi connectivity index (χ4n) is 3.03. The number of amides is 1. The molecule has 5 nitrogen and oxygen atoms in total. The molecule has 1 aromatic carbocycles. The van der Waals surface area contributed by atoms with Crippen LogP contribution in [0.5, 0.6) is 0 Å². The van der Waals surface area contributed by atoms with Gasteiger partial charge in [0.2, 0.25) is 11.7 Å². The first kappa shape index (κ1) is 16.5. The lowest BCUT2D eigenvalue weighted by molar-refractivity contribution is -0.115. The number of primary amides is 1. The molecule has 2 N–H and O–H groups in total. The molecule has 2 aromatic heterocycles. The highest BCUT2D eigenvalue weighted by Gasteiger charge is 2.34. The van der Waals surface area contributed by atoms with Gasteiger partial charge in [0.15, 0.2) is 0 Å². The first-order valence-electron chi connectivity index (χ1n) is 7.69. The van der Waals surface area contributed by atoms with Crippen molar-refractivity contribution in [2.75, 3.05) is 5.75 Å². The van der Waals surface area contributed by atoms with Crippen LogP contribution in [-0.2, 0) is 4.79 Å². The molecule has 0 spiro atoms. The molecule has 0 saturated carbocycles. The third kappa shape index (κ3) is 2.51. The van der Waals surface area contributed by atoms with Crippen LogP contribution in [0.15, 0.2) is 46.8 Å². The van der Waals surface area contributed by atoms with Crippen molar-refractivity contribution in [3.63, 3.8) is 0 Å². The molecule has 1 amide bonds. The smallest absolute Gasteiger partial charge is 0.227 e. The summed E-state index contributed by atoms with van der Waals surface area (Å²) in [7, 11) is 0. The highest BCUT2D eigenvalue weighted by atomic mass is 32.2. The molecule has 1 aliphatic rings. The number of pyridine rings is 1. The fraction of sp³-hybridized carbons (Fsp3) is 0.0526. The van der Waals surface area contributed by atoms with Crippen molar-refractivity contribution in [3.05, 3.63) is 58.6 Å². The third-order valence-corrected chi connectivity index (χ3v) is 5.94. The summed E-state index contributed by atoms with van der Waals surface area (Å²) in [5.41, 5.74) is 8.66. The number of fused-ring (bicyclic) bond motifs is 3. The Morgan fingerprint density at radius 1 is 1.19 bits per heavy atom. The van der Waals surface area contributed by atoms with Crippen LogP contribution in [0, 0.1) is 11.3 Å². The largest absolute Gasteiger partial charge is 0.369 e. The molecule has 0 radical (unpaired) electrons. The van der Waals surface area contributed by atoms with Gasteiger partial charge in [-0.1, -0.05) is 42.1 Å². The fourth-order valence-corrected chi connectivity index (χ4v) is 4.54. The molecule has 0 saturated heterocycles. The number of carbonyl (C=O) groups excluding carboxylic acids is 2. The maximum Gasteiger partial charge on any atom is 0.227 e. The maximum absolute atomic E-state index is 12.9. The minimum absolute atomic E-state index is 0.00845. The minimum atomic E-state index is -0.506. The Balaban J connectivity index is 2.06. The Hall–Kier alpha value is -2.95. The van der Waals surface area contributed by atoms with Crippen LogP contribution >= 0.6 is 23.1 Å². The number of nitriles is 1. The number of thiophene rings is 1. The third-order valence-electron chi connectivity index (χ3n) is 4.05. The summed E-state index contributed by atoms with van der Waals surface area (Å²) >= 11 is 2.57. The number of nitrogens with zero attached hydrogens (tertiary/aromatic N) is 2. The first-order valence-corrected chi connectivity index (χ1v) is 9.55. The van der Waals surface area contributed by atoms with E-state index in [4.69, 9.17) is 5.73 Å². The van der Waals surface area contributed by atoms with Crippen molar-refractivity contribution in [2.24, 2.45) is 5.73 Å². The van der Waals surface area contributed by atoms with Gasteiger partial charge in [-0.25, -0.2) is 4.98 Å². The number of thioether (sulfide) groups is 1. The van der Waals surface area contributed by atoms with Gasteiger partial charge >= 0.3 is 0 Å². The van der Waals surface area contributed by atoms with Gasteiger partial charge in [0, 0.05) is 21.6 Å². The predicted molar refractivity (Wildman–Crippen MR) is 101 cm³/mol. The summed E-state index contributed by atoms with van der Waals surface area (Å²) in [6.07, 6.45) is 0. The zero-order valence-corrected chi connectivity index (χ0v) is 15.0. The van der Waals surface area contributed by atoms with Gasteiger partial charge in [-0.05, 0) is 17.0 Å². The van der Waals surface area contributed by atoms with Crippen molar-refractivity contribution >= 4 is 34.8 Å². The van der Waals surface area contributed by atoms with E-state index >= 15 is 0 Å². The van der Waals surface area contributed by atoms with E-state index in [1.54, 1.807) is 12.1 Å². The number of hydrogen-bond donors (Lipinski definition) is 1. The van der Waals surface area contributed by atoms with Crippen LogP contribution in [0.25, 0.3) is 21.6 Å². The van der Waals surface area contributed by atoms with Crippen LogP contribution in [-0.4, -0.2) is 22.4 Å². The van der Waals surface area contributed by atoms with Crippen LogP contribution < -0.4 is 5.73 Å². The van der Waals surface area contributed by atoms with Crippen LogP contribution in [0.2, 0.25) is 0 Å². The summed E-state index contributed by atoms with van der Waals surface area (Å²) in [5.74, 6) is -0.682. The van der Waals surface area contributed by atoms with Crippen LogP contribution in [0.1, 0.15) is 21.6 Å². The average Bonchev–Trinajstić information content (AvgIpc) is 3.27. The number of hydrogen-bond acceptors (Lipinski definition) is 6. The second kappa shape index (κ2) is 6.41. The second-order valence-corrected chi connectivity index (χ2v) is 7.52. The topological polar surface area (TPSA) is 96.8 Å². The second-order valence-electron chi connectivity index (χ2n) is 5.61.